The zero-order valence-electron chi connectivity index (χ0n) is 9.42. The van der Waals surface area contributed by atoms with Crippen LogP contribution in [0.4, 0.5) is 0 Å². The molecule has 0 saturated heterocycles. The molecule has 3 rings (SSSR count). The number of rotatable bonds is 1. The number of nitrogens with zero attached hydrogens (tertiary/aromatic N) is 2. The smallest absolute Gasteiger partial charge is 0.112 e. The van der Waals surface area contributed by atoms with Crippen molar-refractivity contribution in [1.82, 2.24) is 14.9 Å². The van der Waals surface area contributed by atoms with E-state index in [1.165, 1.54) is 42.9 Å². The van der Waals surface area contributed by atoms with Gasteiger partial charge in [0.05, 0.1) is 11.4 Å². The first-order valence-corrected chi connectivity index (χ1v) is 6.13. The van der Waals surface area contributed by atoms with Crippen molar-refractivity contribution in [3.05, 3.63) is 17.2 Å². The number of hydrogen-bond acceptors (Lipinski definition) is 2. The van der Waals surface area contributed by atoms with Gasteiger partial charge in [-0.15, -0.1) is 0 Å². The Balaban J connectivity index is 1.99. The third kappa shape index (κ3) is 1.49. The molecular formula is C12H19N3. The molecule has 1 aromatic rings. The van der Waals surface area contributed by atoms with Gasteiger partial charge in [-0.3, -0.25) is 0 Å². The summed E-state index contributed by atoms with van der Waals surface area (Å²) < 4.78 is 2.47. The lowest BCUT2D eigenvalue weighted by atomic mass is 10.1. The summed E-state index contributed by atoms with van der Waals surface area (Å²) in [7, 11) is 0. The molecule has 1 saturated carbocycles. The van der Waals surface area contributed by atoms with Gasteiger partial charge in [-0.25, -0.2) is 4.98 Å². The molecule has 1 aromatic heterocycles. The molecule has 3 nitrogen and oxygen atoms in total. The molecule has 0 bridgehead atoms. The summed E-state index contributed by atoms with van der Waals surface area (Å²) in [5.41, 5.74) is 2.66. The Hall–Kier alpha value is -0.830. The molecule has 15 heavy (non-hydrogen) atoms. The van der Waals surface area contributed by atoms with E-state index < -0.39 is 0 Å². The molecule has 82 valence electrons. The van der Waals surface area contributed by atoms with Crippen molar-refractivity contribution in [3.8, 4) is 0 Å². The molecule has 0 atom stereocenters. The van der Waals surface area contributed by atoms with Crippen LogP contribution in [0.3, 0.4) is 0 Å². The molecule has 2 heterocycles. The second kappa shape index (κ2) is 3.63. The van der Waals surface area contributed by atoms with Crippen molar-refractivity contribution in [1.29, 1.82) is 0 Å². The Morgan fingerprint density at radius 1 is 1.33 bits per heavy atom. The first-order valence-electron chi connectivity index (χ1n) is 6.13. The fraction of sp³-hybridized carbons (Fsp3) is 0.750. The average molecular weight is 205 g/mol. The zero-order chi connectivity index (χ0) is 10.3. The summed E-state index contributed by atoms with van der Waals surface area (Å²) in [6.07, 6.45) is 5.49. The van der Waals surface area contributed by atoms with E-state index in [1.54, 1.807) is 0 Å². The van der Waals surface area contributed by atoms with Gasteiger partial charge in [0.2, 0.25) is 0 Å². The van der Waals surface area contributed by atoms with Crippen LogP contribution in [-0.2, 0) is 13.1 Å². The molecule has 1 aliphatic heterocycles. The monoisotopic (exact) mass is 205 g/mol. The van der Waals surface area contributed by atoms with E-state index in [9.17, 15) is 0 Å². The summed E-state index contributed by atoms with van der Waals surface area (Å²) >= 11 is 0. The van der Waals surface area contributed by atoms with Crippen LogP contribution in [0.2, 0.25) is 0 Å². The largest absolute Gasteiger partial charge is 0.329 e. The third-order valence-corrected chi connectivity index (χ3v) is 3.83. The van der Waals surface area contributed by atoms with Crippen LogP contribution in [-0.4, -0.2) is 16.1 Å². The fourth-order valence-corrected chi connectivity index (χ4v) is 3.00. The van der Waals surface area contributed by atoms with Crippen molar-refractivity contribution in [2.75, 3.05) is 6.54 Å². The Labute approximate surface area is 90.9 Å². The third-order valence-electron chi connectivity index (χ3n) is 3.83. The number of imidazole rings is 1. The minimum Gasteiger partial charge on any atom is -0.329 e. The molecule has 0 amide bonds. The van der Waals surface area contributed by atoms with Crippen molar-refractivity contribution < 1.29 is 0 Å². The van der Waals surface area contributed by atoms with Crippen LogP contribution in [0.1, 0.15) is 48.8 Å². The van der Waals surface area contributed by atoms with Gasteiger partial charge >= 0.3 is 0 Å². The maximum atomic E-state index is 4.80. The average Bonchev–Trinajstić information content (AvgIpc) is 2.87. The van der Waals surface area contributed by atoms with Crippen LogP contribution in [0.5, 0.6) is 0 Å². The second-order valence-electron chi connectivity index (χ2n) is 4.81. The predicted molar refractivity (Wildman–Crippen MR) is 59.9 cm³/mol. The lowest BCUT2D eigenvalue weighted by Crippen LogP contribution is -2.29. The van der Waals surface area contributed by atoms with E-state index in [0.29, 0.717) is 0 Å². The van der Waals surface area contributed by atoms with Gasteiger partial charge in [0.25, 0.3) is 0 Å². The number of aryl methyl sites for hydroxylation is 1. The minimum atomic E-state index is 0.746. The molecule has 3 heteroatoms. The summed E-state index contributed by atoms with van der Waals surface area (Å²) in [6.45, 7) is 5.37. The van der Waals surface area contributed by atoms with E-state index in [2.05, 4.69) is 16.8 Å². The van der Waals surface area contributed by atoms with Crippen molar-refractivity contribution in [2.45, 2.75) is 51.6 Å². The Morgan fingerprint density at radius 2 is 2.13 bits per heavy atom. The normalized spacial score (nSPS) is 21.9. The van der Waals surface area contributed by atoms with E-state index in [0.717, 1.165) is 25.6 Å². The molecule has 0 radical (unpaired) electrons. The van der Waals surface area contributed by atoms with Gasteiger partial charge in [0, 0.05) is 25.6 Å². The highest BCUT2D eigenvalue weighted by Gasteiger charge is 2.25. The summed E-state index contributed by atoms with van der Waals surface area (Å²) in [5, 5.41) is 3.42. The number of fused-ring (bicyclic) bond motifs is 1. The molecule has 0 spiro atoms. The van der Waals surface area contributed by atoms with Gasteiger partial charge in [0.15, 0.2) is 0 Å². The lowest BCUT2D eigenvalue weighted by Gasteiger charge is -2.20. The minimum absolute atomic E-state index is 0.746. The van der Waals surface area contributed by atoms with Gasteiger partial charge in [-0.1, -0.05) is 12.8 Å². The maximum absolute atomic E-state index is 4.80. The van der Waals surface area contributed by atoms with Crippen LogP contribution in [0.25, 0.3) is 0 Å². The van der Waals surface area contributed by atoms with E-state index in [-0.39, 0.29) is 0 Å². The van der Waals surface area contributed by atoms with Gasteiger partial charge in [-0.05, 0) is 19.8 Å². The summed E-state index contributed by atoms with van der Waals surface area (Å²) in [4.78, 5) is 4.80. The highest BCUT2D eigenvalue weighted by Crippen LogP contribution is 2.34. The maximum Gasteiger partial charge on any atom is 0.112 e. The highest BCUT2D eigenvalue weighted by atomic mass is 15.2. The second-order valence-corrected chi connectivity index (χ2v) is 4.81. The molecule has 1 aliphatic carbocycles. The summed E-state index contributed by atoms with van der Waals surface area (Å²) in [6, 6.07) is 0. The molecule has 0 unspecified atom stereocenters. The Kier molecular flexibility index (Phi) is 2.28. The van der Waals surface area contributed by atoms with Gasteiger partial charge < -0.3 is 9.88 Å². The molecular weight excluding hydrogens is 186 g/mol. The zero-order valence-corrected chi connectivity index (χ0v) is 9.42. The van der Waals surface area contributed by atoms with Crippen molar-refractivity contribution >= 4 is 0 Å². The Bertz CT molecular complexity index is 361. The molecule has 1 fully saturated rings. The Morgan fingerprint density at radius 3 is 2.93 bits per heavy atom. The van der Waals surface area contributed by atoms with Gasteiger partial charge in [0.1, 0.15) is 5.82 Å². The van der Waals surface area contributed by atoms with E-state index in [4.69, 9.17) is 4.98 Å². The number of hydrogen-bond donors (Lipinski definition) is 1. The standard InChI is InChI=1S/C12H19N3/c1-9-11-8-13-6-7-15(11)12(14-9)10-4-2-3-5-10/h10,13H,2-8H2,1H3. The first kappa shape index (κ1) is 9.40. The van der Waals surface area contributed by atoms with Crippen LogP contribution < -0.4 is 5.32 Å². The van der Waals surface area contributed by atoms with Crippen molar-refractivity contribution in [2.24, 2.45) is 0 Å². The van der Waals surface area contributed by atoms with Crippen molar-refractivity contribution in [3.63, 3.8) is 0 Å². The highest BCUT2D eigenvalue weighted by molar-refractivity contribution is 5.20. The van der Waals surface area contributed by atoms with Crippen LogP contribution in [0.15, 0.2) is 0 Å². The predicted octanol–water partition coefficient (Wildman–Crippen LogP) is 1.95. The number of aromatic nitrogens is 2. The van der Waals surface area contributed by atoms with E-state index in [1.807, 2.05) is 0 Å². The fourth-order valence-electron chi connectivity index (χ4n) is 3.00. The molecule has 0 aromatic carbocycles. The SMILES string of the molecule is Cc1nc(C2CCCC2)n2c1CNCC2. The number of nitrogens with one attached hydrogen (secondary N) is 1. The first-order chi connectivity index (χ1) is 7.36. The van der Waals surface area contributed by atoms with Crippen LogP contribution >= 0.6 is 0 Å². The quantitative estimate of drug-likeness (QED) is 0.759. The van der Waals surface area contributed by atoms with Gasteiger partial charge in [-0.2, -0.15) is 0 Å². The summed E-state index contributed by atoms with van der Waals surface area (Å²) in [5.74, 6) is 2.12. The lowest BCUT2D eigenvalue weighted by molar-refractivity contribution is 0.482. The van der Waals surface area contributed by atoms with E-state index >= 15 is 0 Å². The topological polar surface area (TPSA) is 29.9 Å². The molecule has 2 aliphatic rings. The molecule has 1 N–H and O–H groups in total. The van der Waals surface area contributed by atoms with Crippen LogP contribution in [0, 0.1) is 6.92 Å².